The van der Waals surface area contributed by atoms with E-state index in [1.807, 2.05) is 0 Å². The first-order chi connectivity index (χ1) is 12.6. The molecule has 14 heteroatoms. The minimum absolute atomic E-state index is 0.0904. The van der Waals surface area contributed by atoms with Crippen LogP contribution in [0, 0.1) is 30.3 Å². The van der Waals surface area contributed by atoms with Crippen LogP contribution in [0.1, 0.15) is 33.6 Å². The van der Waals surface area contributed by atoms with E-state index in [1.54, 1.807) is 0 Å². The Hall–Kier alpha value is -3.97. The van der Waals surface area contributed by atoms with E-state index in [0.29, 0.717) is 4.90 Å². The Bertz CT molecular complexity index is 795. The lowest BCUT2D eigenvalue weighted by Crippen LogP contribution is -2.53. The smallest absolute Gasteiger partial charge is 0.444 e. The Morgan fingerprint density at radius 1 is 0.963 bits per heavy atom. The van der Waals surface area contributed by atoms with Crippen molar-refractivity contribution in [3.8, 4) is 0 Å². The van der Waals surface area contributed by atoms with E-state index >= 15 is 0 Å². The maximum absolute atomic E-state index is 12.1. The number of carbonyl (C=O) groups excluding carboxylic acids is 3. The highest BCUT2D eigenvalue weighted by Crippen LogP contribution is 2.23. The Morgan fingerprint density at radius 3 is 1.81 bits per heavy atom. The fourth-order valence-electron chi connectivity index (χ4n) is 2.31. The minimum Gasteiger partial charge on any atom is -0.444 e. The molecule has 1 heterocycles. The van der Waals surface area contributed by atoms with Crippen LogP contribution >= 0.6 is 0 Å². The van der Waals surface area contributed by atoms with Gasteiger partial charge in [-0.2, -0.15) is 0 Å². The van der Waals surface area contributed by atoms with Crippen molar-refractivity contribution < 1.29 is 33.9 Å². The second-order valence-electron chi connectivity index (χ2n) is 5.28. The average Bonchev–Trinajstić information content (AvgIpc) is 2.84. The van der Waals surface area contributed by atoms with Gasteiger partial charge < -0.3 is 4.74 Å². The molecule has 0 radical (unpaired) electrons. The van der Waals surface area contributed by atoms with Crippen molar-refractivity contribution in [2.75, 3.05) is 6.73 Å². The average molecular weight is 382 g/mol. The Balaban J connectivity index is 2.00. The third kappa shape index (κ3) is 3.26. The molecule has 1 aliphatic heterocycles. The molecule has 0 aliphatic carbocycles. The molecule has 2 amide bonds. The molecule has 27 heavy (non-hydrogen) atoms. The van der Waals surface area contributed by atoms with E-state index in [-0.39, 0.29) is 11.1 Å². The molecular formula is C13H10N4O10. The van der Waals surface area contributed by atoms with Crippen LogP contribution in [0.5, 0.6) is 0 Å². The third-order valence-electron chi connectivity index (χ3n) is 3.77. The van der Waals surface area contributed by atoms with Gasteiger partial charge in [0.2, 0.25) is 0 Å². The van der Waals surface area contributed by atoms with E-state index in [1.165, 1.54) is 24.3 Å². The summed E-state index contributed by atoms with van der Waals surface area (Å²) in [7, 11) is 0. The van der Waals surface area contributed by atoms with E-state index in [9.17, 15) is 44.7 Å². The Labute approximate surface area is 148 Å². The van der Waals surface area contributed by atoms with Gasteiger partial charge in [-0.3, -0.25) is 44.7 Å². The Kier molecular flexibility index (Phi) is 5.09. The maximum Gasteiger partial charge on any atom is 0.700 e. The number of nitro groups is 3. The topological polar surface area (TPSA) is 193 Å². The van der Waals surface area contributed by atoms with Crippen LogP contribution in [0.15, 0.2) is 24.3 Å². The van der Waals surface area contributed by atoms with Crippen LogP contribution < -0.4 is 0 Å². The van der Waals surface area contributed by atoms with E-state index in [2.05, 4.69) is 4.74 Å². The first-order valence-electron chi connectivity index (χ1n) is 7.17. The van der Waals surface area contributed by atoms with E-state index < -0.39 is 57.9 Å². The highest BCUT2D eigenvalue weighted by Gasteiger charge is 2.69. The molecule has 1 aliphatic rings. The van der Waals surface area contributed by atoms with E-state index in [4.69, 9.17) is 0 Å². The van der Waals surface area contributed by atoms with E-state index in [0.717, 1.165) is 0 Å². The first-order valence-corrected chi connectivity index (χ1v) is 7.17. The van der Waals surface area contributed by atoms with Crippen LogP contribution in [0.4, 0.5) is 0 Å². The highest BCUT2D eigenvalue weighted by molar-refractivity contribution is 6.21. The minimum atomic E-state index is -3.80. The largest absolute Gasteiger partial charge is 0.700 e. The number of esters is 1. The van der Waals surface area contributed by atoms with Crippen LogP contribution in [0.2, 0.25) is 0 Å². The molecule has 14 nitrogen and oxygen atoms in total. The van der Waals surface area contributed by atoms with Gasteiger partial charge in [-0.1, -0.05) is 12.1 Å². The normalized spacial score (nSPS) is 13.3. The van der Waals surface area contributed by atoms with Crippen molar-refractivity contribution in [1.82, 2.24) is 4.90 Å². The molecule has 0 saturated heterocycles. The van der Waals surface area contributed by atoms with Crippen molar-refractivity contribution >= 4 is 17.8 Å². The van der Waals surface area contributed by atoms with Crippen LogP contribution in [0.3, 0.4) is 0 Å². The second kappa shape index (κ2) is 7.11. The van der Waals surface area contributed by atoms with Gasteiger partial charge in [0.25, 0.3) is 11.8 Å². The molecule has 0 bridgehead atoms. The number of benzene rings is 1. The van der Waals surface area contributed by atoms with Crippen molar-refractivity contribution in [3.05, 3.63) is 65.7 Å². The van der Waals surface area contributed by atoms with Gasteiger partial charge in [-0.25, -0.2) is 4.90 Å². The molecule has 142 valence electrons. The SMILES string of the molecule is O=C(CCC([N+](=O)[O-])([N+](=O)[O-])[N+](=O)[O-])OCN1C(=O)c2ccccc2C1=O. The summed E-state index contributed by atoms with van der Waals surface area (Å²) < 4.78 is 4.61. The summed E-state index contributed by atoms with van der Waals surface area (Å²) in [6.07, 6.45) is -2.42. The van der Waals surface area contributed by atoms with Gasteiger partial charge in [0, 0.05) is 0 Å². The molecule has 1 aromatic rings. The lowest BCUT2D eigenvalue weighted by Gasteiger charge is -2.14. The summed E-state index contributed by atoms with van der Waals surface area (Å²) in [5.74, 6) is -6.56. The predicted molar refractivity (Wildman–Crippen MR) is 80.8 cm³/mol. The zero-order valence-electron chi connectivity index (χ0n) is 13.3. The second-order valence-corrected chi connectivity index (χ2v) is 5.28. The van der Waals surface area contributed by atoms with Gasteiger partial charge in [0.15, 0.2) is 27.9 Å². The number of amides is 2. The van der Waals surface area contributed by atoms with Gasteiger partial charge in [0.1, 0.15) is 0 Å². The molecule has 0 unspecified atom stereocenters. The molecule has 0 fully saturated rings. The number of hydrogen-bond donors (Lipinski definition) is 0. The summed E-state index contributed by atoms with van der Waals surface area (Å²) >= 11 is 0. The number of ether oxygens (including phenoxy) is 1. The lowest BCUT2D eigenvalue weighted by atomic mass is 10.1. The number of rotatable bonds is 8. The van der Waals surface area contributed by atoms with Crippen LogP contribution in [-0.4, -0.2) is 50.0 Å². The van der Waals surface area contributed by atoms with Gasteiger partial charge in [-0.15, -0.1) is 0 Å². The fourth-order valence-corrected chi connectivity index (χ4v) is 2.31. The van der Waals surface area contributed by atoms with Gasteiger partial charge >= 0.3 is 11.8 Å². The molecule has 0 spiro atoms. The van der Waals surface area contributed by atoms with Gasteiger partial charge in [-0.05, 0) is 12.1 Å². The zero-order valence-corrected chi connectivity index (χ0v) is 13.3. The molecule has 0 saturated carbocycles. The summed E-state index contributed by atoms with van der Waals surface area (Å²) in [5.41, 5.74) is 0.181. The first kappa shape index (κ1) is 19.4. The van der Waals surface area contributed by atoms with Crippen molar-refractivity contribution in [2.45, 2.75) is 18.6 Å². The Morgan fingerprint density at radius 2 is 1.41 bits per heavy atom. The summed E-state index contributed by atoms with van der Waals surface area (Å²) in [6, 6.07) is 5.81. The standard InChI is InChI=1S/C13H10N4O10/c18-10(5-6-13(15(21)22,16(23)24)17(25)26)27-7-14-11(19)8-3-1-2-4-9(8)12(14)20/h1-4H,5-7H2. The fraction of sp³-hybridized carbons (Fsp3) is 0.308. The van der Waals surface area contributed by atoms with Crippen molar-refractivity contribution in [3.63, 3.8) is 0 Å². The number of hydrogen-bond acceptors (Lipinski definition) is 10. The number of nitrogens with zero attached hydrogens (tertiary/aromatic N) is 4. The molecule has 2 rings (SSSR count). The summed E-state index contributed by atoms with van der Waals surface area (Å²) in [5, 5.41) is 32.3. The third-order valence-corrected chi connectivity index (χ3v) is 3.77. The molecule has 0 atom stereocenters. The zero-order chi connectivity index (χ0) is 20.4. The van der Waals surface area contributed by atoms with Crippen molar-refractivity contribution in [1.29, 1.82) is 0 Å². The summed E-state index contributed by atoms with van der Waals surface area (Å²) in [6.45, 7) is -0.840. The lowest BCUT2D eigenvalue weighted by molar-refractivity contribution is -0.970. The van der Waals surface area contributed by atoms with Gasteiger partial charge in [0.05, 0.1) is 17.5 Å². The number of imide groups is 1. The molecule has 0 aromatic heterocycles. The highest BCUT2D eigenvalue weighted by atomic mass is 16.7. The molecule has 1 aromatic carbocycles. The molecular weight excluding hydrogens is 372 g/mol. The van der Waals surface area contributed by atoms with Crippen LogP contribution in [0.25, 0.3) is 0 Å². The van der Waals surface area contributed by atoms with Crippen LogP contribution in [-0.2, 0) is 9.53 Å². The quantitative estimate of drug-likeness (QED) is 0.195. The number of fused-ring (bicyclic) bond motifs is 1. The molecule has 0 N–H and O–H groups in total. The number of carbonyl (C=O) groups is 3. The van der Waals surface area contributed by atoms with Crippen molar-refractivity contribution in [2.24, 2.45) is 0 Å². The predicted octanol–water partition coefficient (Wildman–Crippen LogP) is 0.0474. The monoisotopic (exact) mass is 382 g/mol. The summed E-state index contributed by atoms with van der Waals surface area (Å²) in [4.78, 5) is 63.5. The maximum atomic E-state index is 12.1.